The third-order valence-electron chi connectivity index (χ3n) is 3.11. The van der Waals surface area contributed by atoms with Crippen molar-refractivity contribution in [3.05, 3.63) is 47.3 Å². The Balaban J connectivity index is 2.11. The van der Waals surface area contributed by atoms with Crippen molar-refractivity contribution < 1.29 is 14.7 Å². The largest absolute Gasteiger partial charge is 0.478 e. The number of hydrogen-bond acceptors (Lipinski definition) is 3. The number of nitrogens with one attached hydrogen (secondary N) is 3. The summed E-state index contributed by atoms with van der Waals surface area (Å²) in [5.74, 6) is -1.09. The van der Waals surface area contributed by atoms with Crippen molar-refractivity contribution in [1.29, 1.82) is 0 Å². The number of benzene rings is 1. The SMILES string of the molecule is Cc1cccc(C(=O)O)c1NC(=O)NC(C)c1cn[nH]c1. The van der Waals surface area contributed by atoms with E-state index in [-0.39, 0.29) is 11.6 Å². The minimum atomic E-state index is -1.09. The fourth-order valence-electron chi connectivity index (χ4n) is 1.94. The number of amides is 2. The minimum Gasteiger partial charge on any atom is -0.478 e. The number of nitrogens with zero attached hydrogens (tertiary/aromatic N) is 1. The van der Waals surface area contributed by atoms with Crippen LogP contribution in [0.5, 0.6) is 0 Å². The number of aromatic nitrogens is 2. The number of carboxylic acid groups (broad SMARTS) is 1. The van der Waals surface area contributed by atoms with E-state index in [9.17, 15) is 9.59 Å². The van der Waals surface area contributed by atoms with Crippen LogP contribution in [-0.4, -0.2) is 27.3 Å². The van der Waals surface area contributed by atoms with E-state index in [1.165, 1.54) is 6.07 Å². The topological polar surface area (TPSA) is 107 Å². The number of rotatable bonds is 4. The number of carbonyl (C=O) groups excluding carboxylic acids is 1. The van der Waals surface area contributed by atoms with Gasteiger partial charge in [-0.25, -0.2) is 9.59 Å². The van der Waals surface area contributed by atoms with Crippen molar-refractivity contribution in [3.63, 3.8) is 0 Å². The molecule has 7 heteroatoms. The van der Waals surface area contributed by atoms with Gasteiger partial charge in [0.15, 0.2) is 0 Å². The number of carboxylic acids is 1. The van der Waals surface area contributed by atoms with Gasteiger partial charge in [-0.15, -0.1) is 0 Å². The molecular formula is C14H16N4O3. The smallest absolute Gasteiger partial charge is 0.337 e. The average Bonchev–Trinajstić information content (AvgIpc) is 2.94. The van der Waals surface area contributed by atoms with Gasteiger partial charge in [0.2, 0.25) is 0 Å². The predicted molar refractivity (Wildman–Crippen MR) is 77.3 cm³/mol. The maximum Gasteiger partial charge on any atom is 0.337 e. The number of aromatic carboxylic acids is 1. The summed E-state index contributed by atoms with van der Waals surface area (Å²) in [6.45, 7) is 3.54. The molecule has 1 heterocycles. The molecule has 0 saturated carbocycles. The van der Waals surface area contributed by atoms with Crippen LogP contribution in [0.2, 0.25) is 0 Å². The molecule has 1 aromatic carbocycles. The number of anilines is 1. The van der Waals surface area contributed by atoms with Gasteiger partial charge in [-0.05, 0) is 25.5 Å². The summed E-state index contributed by atoms with van der Waals surface area (Å²) in [6, 6.07) is 4.10. The van der Waals surface area contributed by atoms with Crippen LogP contribution in [0.25, 0.3) is 0 Å². The molecule has 0 aliphatic rings. The maximum absolute atomic E-state index is 12.0. The van der Waals surface area contributed by atoms with Gasteiger partial charge in [0.25, 0.3) is 0 Å². The highest BCUT2D eigenvalue weighted by Crippen LogP contribution is 2.20. The molecule has 110 valence electrons. The Labute approximate surface area is 121 Å². The van der Waals surface area contributed by atoms with E-state index in [4.69, 9.17) is 5.11 Å². The normalized spacial score (nSPS) is 11.7. The Morgan fingerprint density at radius 1 is 1.38 bits per heavy atom. The van der Waals surface area contributed by atoms with E-state index < -0.39 is 12.0 Å². The molecule has 1 aromatic heterocycles. The number of hydrogen-bond donors (Lipinski definition) is 4. The fraction of sp³-hybridized carbons (Fsp3) is 0.214. The highest BCUT2D eigenvalue weighted by molar-refractivity contribution is 6.01. The summed E-state index contributed by atoms with van der Waals surface area (Å²) < 4.78 is 0. The molecule has 1 atom stereocenters. The molecule has 0 fully saturated rings. The van der Waals surface area contributed by atoms with Crippen molar-refractivity contribution in [2.24, 2.45) is 0 Å². The van der Waals surface area contributed by atoms with Crippen molar-refractivity contribution in [2.75, 3.05) is 5.32 Å². The lowest BCUT2D eigenvalue weighted by atomic mass is 10.1. The minimum absolute atomic E-state index is 0.0566. The predicted octanol–water partition coefficient (Wildman–Crippen LogP) is 2.30. The van der Waals surface area contributed by atoms with Gasteiger partial charge in [0.1, 0.15) is 0 Å². The van der Waals surface area contributed by atoms with Gasteiger partial charge < -0.3 is 15.7 Å². The van der Waals surface area contributed by atoms with Crippen molar-refractivity contribution in [1.82, 2.24) is 15.5 Å². The number of urea groups is 1. The van der Waals surface area contributed by atoms with Gasteiger partial charge in [0, 0.05) is 11.8 Å². The average molecular weight is 288 g/mol. The van der Waals surface area contributed by atoms with Crippen LogP contribution in [0.3, 0.4) is 0 Å². The molecule has 0 aliphatic carbocycles. The second kappa shape index (κ2) is 6.08. The van der Waals surface area contributed by atoms with E-state index in [0.717, 1.165) is 5.56 Å². The summed E-state index contributed by atoms with van der Waals surface area (Å²) in [5, 5.41) is 20.9. The molecule has 2 rings (SSSR count). The number of para-hydroxylation sites is 1. The van der Waals surface area contributed by atoms with Crippen LogP contribution < -0.4 is 10.6 Å². The summed E-state index contributed by atoms with van der Waals surface area (Å²) >= 11 is 0. The summed E-state index contributed by atoms with van der Waals surface area (Å²) in [4.78, 5) is 23.2. The molecule has 2 amide bonds. The molecule has 0 bridgehead atoms. The van der Waals surface area contributed by atoms with Crippen LogP contribution in [0.15, 0.2) is 30.6 Å². The van der Waals surface area contributed by atoms with Crippen LogP contribution in [0, 0.1) is 6.92 Å². The lowest BCUT2D eigenvalue weighted by molar-refractivity contribution is 0.0698. The van der Waals surface area contributed by atoms with E-state index in [2.05, 4.69) is 20.8 Å². The molecule has 4 N–H and O–H groups in total. The Morgan fingerprint density at radius 2 is 2.14 bits per heavy atom. The highest BCUT2D eigenvalue weighted by Gasteiger charge is 2.16. The lowest BCUT2D eigenvalue weighted by Gasteiger charge is -2.15. The van der Waals surface area contributed by atoms with Crippen LogP contribution in [0.4, 0.5) is 10.5 Å². The summed E-state index contributed by atoms with van der Waals surface area (Å²) in [5.41, 5.74) is 1.86. The first-order valence-electron chi connectivity index (χ1n) is 6.38. The van der Waals surface area contributed by atoms with Crippen LogP contribution in [-0.2, 0) is 0 Å². The third kappa shape index (κ3) is 3.38. The van der Waals surface area contributed by atoms with Crippen LogP contribution in [0.1, 0.15) is 34.5 Å². The van der Waals surface area contributed by atoms with Crippen molar-refractivity contribution in [3.8, 4) is 0 Å². The number of H-pyrrole nitrogens is 1. The first-order chi connectivity index (χ1) is 9.99. The standard InChI is InChI=1S/C14H16N4O3/c1-8-4-3-5-11(13(19)20)12(8)18-14(21)17-9(2)10-6-15-16-7-10/h3-7,9H,1-2H3,(H,15,16)(H,19,20)(H2,17,18,21). The van der Waals surface area contributed by atoms with Gasteiger partial charge in [-0.3, -0.25) is 5.10 Å². The second-order valence-electron chi connectivity index (χ2n) is 4.65. The molecule has 2 aromatic rings. The second-order valence-corrected chi connectivity index (χ2v) is 4.65. The Bertz CT molecular complexity index is 652. The number of aromatic amines is 1. The molecule has 1 unspecified atom stereocenters. The third-order valence-corrected chi connectivity index (χ3v) is 3.11. The Morgan fingerprint density at radius 3 is 2.76 bits per heavy atom. The molecule has 0 saturated heterocycles. The van der Waals surface area contributed by atoms with Gasteiger partial charge in [0.05, 0.1) is 23.5 Å². The molecule has 0 spiro atoms. The van der Waals surface area contributed by atoms with Gasteiger partial charge >= 0.3 is 12.0 Å². The number of carbonyl (C=O) groups is 2. The zero-order valence-electron chi connectivity index (χ0n) is 11.7. The van der Waals surface area contributed by atoms with Gasteiger partial charge in [-0.1, -0.05) is 12.1 Å². The molecule has 0 radical (unpaired) electrons. The summed E-state index contributed by atoms with van der Waals surface area (Å²) in [6.07, 6.45) is 3.29. The zero-order valence-corrected chi connectivity index (χ0v) is 11.7. The molecule has 0 aliphatic heterocycles. The quantitative estimate of drug-likeness (QED) is 0.692. The van der Waals surface area contributed by atoms with E-state index in [0.29, 0.717) is 11.3 Å². The fourth-order valence-corrected chi connectivity index (χ4v) is 1.94. The first kappa shape index (κ1) is 14.6. The van der Waals surface area contributed by atoms with Gasteiger partial charge in [-0.2, -0.15) is 5.10 Å². The monoisotopic (exact) mass is 288 g/mol. The molecular weight excluding hydrogens is 272 g/mol. The van der Waals surface area contributed by atoms with Crippen LogP contribution >= 0.6 is 0 Å². The lowest BCUT2D eigenvalue weighted by Crippen LogP contribution is -2.31. The molecule has 7 nitrogen and oxygen atoms in total. The number of aryl methyl sites for hydroxylation is 1. The van der Waals surface area contributed by atoms with E-state index >= 15 is 0 Å². The van der Waals surface area contributed by atoms with E-state index in [1.54, 1.807) is 38.4 Å². The Hall–Kier alpha value is -2.83. The summed E-state index contributed by atoms with van der Waals surface area (Å²) in [7, 11) is 0. The maximum atomic E-state index is 12.0. The zero-order chi connectivity index (χ0) is 15.4. The highest BCUT2D eigenvalue weighted by atomic mass is 16.4. The Kier molecular flexibility index (Phi) is 4.22. The van der Waals surface area contributed by atoms with Crippen molar-refractivity contribution >= 4 is 17.7 Å². The first-order valence-corrected chi connectivity index (χ1v) is 6.38. The van der Waals surface area contributed by atoms with Crippen molar-refractivity contribution in [2.45, 2.75) is 19.9 Å². The molecule has 21 heavy (non-hydrogen) atoms. The van der Waals surface area contributed by atoms with E-state index in [1.807, 2.05) is 0 Å².